The number of aliphatic carboxylic acids is 1. The molecule has 4 nitrogen and oxygen atoms in total. The Hall–Kier alpha value is -1.32. The maximum absolute atomic E-state index is 11.0. The summed E-state index contributed by atoms with van der Waals surface area (Å²) in [5.74, 6) is -1.21. The summed E-state index contributed by atoms with van der Waals surface area (Å²) >= 11 is 0. The molecule has 1 atom stereocenters. The molecule has 1 heterocycles. The molecule has 0 spiro atoms. The molecule has 0 amide bonds. The second kappa shape index (κ2) is 3.44. The van der Waals surface area contributed by atoms with Gasteiger partial charge in [0, 0.05) is 5.69 Å². The molecule has 2 N–H and O–H groups in total. The molecule has 0 bridgehead atoms. The van der Waals surface area contributed by atoms with E-state index in [0.717, 1.165) is 36.2 Å². The standard InChI is InChI=1S/C10H14N2O2/c1-2-6(10(13)14)9-7-4-3-5-8(7)11-12-9/h6H,2-5H2,1H3,(H,11,12)(H,13,14). The molecule has 1 unspecified atom stereocenters. The third-order valence-corrected chi connectivity index (χ3v) is 2.87. The van der Waals surface area contributed by atoms with Gasteiger partial charge in [-0.2, -0.15) is 5.10 Å². The van der Waals surface area contributed by atoms with E-state index < -0.39 is 11.9 Å². The first kappa shape index (κ1) is 9.24. The monoisotopic (exact) mass is 194 g/mol. The van der Waals surface area contributed by atoms with E-state index in [1.807, 2.05) is 6.92 Å². The van der Waals surface area contributed by atoms with Gasteiger partial charge in [-0.05, 0) is 31.2 Å². The van der Waals surface area contributed by atoms with Crippen LogP contribution < -0.4 is 0 Å². The maximum Gasteiger partial charge on any atom is 0.312 e. The van der Waals surface area contributed by atoms with Crippen molar-refractivity contribution in [2.24, 2.45) is 0 Å². The van der Waals surface area contributed by atoms with Gasteiger partial charge in [-0.15, -0.1) is 0 Å². The Labute approximate surface area is 82.3 Å². The highest BCUT2D eigenvalue weighted by Crippen LogP contribution is 2.29. The van der Waals surface area contributed by atoms with Crippen molar-refractivity contribution < 1.29 is 9.90 Å². The van der Waals surface area contributed by atoms with Gasteiger partial charge >= 0.3 is 5.97 Å². The van der Waals surface area contributed by atoms with E-state index in [-0.39, 0.29) is 0 Å². The van der Waals surface area contributed by atoms with Gasteiger partial charge in [-0.25, -0.2) is 0 Å². The van der Waals surface area contributed by atoms with Gasteiger partial charge in [-0.3, -0.25) is 9.89 Å². The summed E-state index contributed by atoms with van der Waals surface area (Å²) < 4.78 is 0. The van der Waals surface area contributed by atoms with Crippen LogP contribution in [0.4, 0.5) is 0 Å². The zero-order valence-electron chi connectivity index (χ0n) is 8.21. The van der Waals surface area contributed by atoms with Crippen molar-refractivity contribution in [2.45, 2.75) is 38.5 Å². The highest BCUT2D eigenvalue weighted by molar-refractivity contribution is 5.76. The Bertz CT molecular complexity index is 357. The van der Waals surface area contributed by atoms with Gasteiger partial charge in [0.25, 0.3) is 0 Å². The van der Waals surface area contributed by atoms with E-state index in [2.05, 4.69) is 10.2 Å². The first-order valence-corrected chi connectivity index (χ1v) is 5.02. The van der Waals surface area contributed by atoms with Crippen molar-refractivity contribution in [1.82, 2.24) is 10.2 Å². The summed E-state index contributed by atoms with van der Waals surface area (Å²) in [5, 5.41) is 16.1. The molecule has 0 aliphatic heterocycles. The number of aromatic nitrogens is 2. The van der Waals surface area contributed by atoms with Crippen molar-refractivity contribution in [3.8, 4) is 0 Å². The van der Waals surface area contributed by atoms with Crippen molar-refractivity contribution >= 4 is 5.97 Å². The number of carboxylic acid groups (broad SMARTS) is 1. The van der Waals surface area contributed by atoms with E-state index in [1.54, 1.807) is 0 Å². The van der Waals surface area contributed by atoms with Gasteiger partial charge in [0.15, 0.2) is 0 Å². The molecule has 0 radical (unpaired) electrons. The van der Waals surface area contributed by atoms with Crippen molar-refractivity contribution in [2.75, 3.05) is 0 Å². The fourth-order valence-electron chi connectivity index (χ4n) is 2.12. The van der Waals surface area contributed by atoms with Crippen LogP contribution in [0.15, 0.2) is 0 Å². The van der Waals surface area contributed by atoms with Crippen LogP contribution in [0, 0.1) is 0 Å². The Morgan fingerprint density at radius 2 is 2.43 bits per heavy atom. The van der Waals surface area contributed by atoms with Gasteiger partial charge in [0.2, 0.25) is 0 Å². The zero-order valence-corrected chi connectivity index (χ0v) is 8.21. The lowest BCUT2D eigenvalue weighted by molar-refractivity contribution is -0.139. The first-order valence-electron chi connectivity index (χ1n) is 5.02. The van der Waals surface area contributed by atoms with Crippen LogP contribution in [0.1, 0.15) is 42.6 Å². The second-order valence-electron chi connectivity index (χ2n) is 3.72. The quantitative estimate of drug-likeness (QED) is 0.765. The molecule has 76 valence electrons. The SMILES string of the molecule is CCC(C(=O)O)c1n[nH]c2c1CCC2. The minimum atomic E-state index is -0.770. The Morgan fingerprint density at radius 3 is 3.07 bits per heavy atom. The van der Waals surface area contributed by atoms with E-state index in [9.17, 15) is 4.79 Å². The molecule has 4 heteroatoms. The van der Waals surface area contributed by atoms with E-state index in [1.165, 1.54) is 0 Å². The predicted octanol–water partition coefficient (Wildman–Crippen LogP) is 1.48. The fraction of sp³-hybridized carbons (Fsp3) is 0.600. The van der Waals surface area contributed by atoms with Gasteiger partial charge < -0.3 is 5.11 Å². The average Bonchev–Trinajstić information content (AvgIpc) is 2.69. The van der Waals surface area contributed by atoms with Crippen LogP contribution in [0.25, 0.3) is 0 Å². The van der Waals surface area contributed by atoms with E-state index in [0.29, 0.717) is 6.42 Å². The van der Waals surface area contributed by atoms with Crippen LogP contribution in [0.5, 0.6) is 0 Å². The molecule has 1 aliphatic rings. The topological polar surface area (TPSA) is 66.0 Å². The molecule has 0 saturated carbocycles. The molecule has 1 aromatic rings. The normalized spacial score (nSPS) is 16.6. The average molecular weight is 194 g/mol. The maximum atomic E-state index is 11.0. The molecule has 2 rings (SSSR count). The highest BCUT2D eigenvalue weighted by atomic mass is 16.4. The summed E-state index contributed by atoms with van der Waals surface area (Å²) in [6.07, 6.45) is 3.71. The molecular formula is C10H14N2O2. The van der Waals surface area contributed by atoms with Crippen molar-refractivity contribution in [3.63, 3.8) is 0 Å². The third-order valence-electron chi connectivity index (χ3n) is 2.87. The number of hydrogen-bond donors (Lipinski definition) is 2. The Balaban J connectivity index is 2.35. The number of nitrogens with zero attached hydrogens (tertiary/aromatic N) is 1. The minimum Gasteiger partial charge on any atom is -0.481 e. The van der Waals surface area contributed by atoms with Crippen molar-refractivity contribution in [3.05, 3.63) is 17.0 Å². The molecule has 1 aliphatic carbocycles. The summed E-state index contributed by atoms with van der Waals surface area (Å²) in [5.41, 5.74) is 3.05. The fourth-order valence-corrected chi connectivity index (χ4v) is 2.12. The number of hydrogen-bond acceptors (Lipinski definition) is 2. The first-order chi connectivity index (χ1) is 6.74. The number of carbonyl (C=O) groups is 1. The zero-order chi connectivity index (χ0) is 10.1. The largest absolute Gasteiger partial charge is 0.481 e. The number of nitrogens with one attached hydrogen (secondary N) is 1. The lowest BCUT2D eigenvalue weighted by Gasteiger charge is -2.07. The summed E-state index contributed by atoms with van der Waals surface area (Å²) in [6, 6.07) is 0. The smallest absolute Gasteiger partial charge is 0.312 e. The number of carboxylic acids is 1. The lowest BCUT2D eigenvalue weighted by atomic mass is 9.98. The number of aryl methyl sites for hydroxylation is 1. The van der Waals surface area contributed by atoms with Crippen LogP contribution in [0.2, 0.25) is 0 Å². The highest BCUT2D eigenvalue weighted by Gasteiger charge is 2.27. The second-order valence-corrected chi connectivity index (χ2v) is 3.72. The Morgan fingerprint density at radius 1 is 1.64 bits per heavy atom. The van der Waals surface area contributed by atoms with Crippen LogP contribution in [-0.4, -0.2) is 21.3 Å². The molecule has 0 saturated heterocycles. The third kappa shape index (κ3) is 1.31. The molecule has 0 aromatic carbocycles. The van der Waals surface area contributed by atoms with Gasteiger partial charge in [0.1, 0.15) is 5.92 Å². The molecule has 1 aromatic heterocycles. The number of aromatic amines is 1. The number of H-pyrrole nitrogens is 1. The van der Waals surface area contributed by atoms with Crippen molar-refractivity contribution in [1.29, 1.82) is 0 Å². The van der Waals surface area contributed by atoms with Gasteiger partial charge in [0.05, 0.1) is 5.69 Å². The molecule has 0 fully saturated rings. The van der Waals surface area contributed by atoms with Crippen LogP contribution in [-0.2, 0) is 17.6 Å². The van der Waals surface area contributed by atoms with E-state index >= 15 is 0 Å². The summed E-state index contributed by atoms with van der Waals surface area (Å²) in [7, 11) is 0. The van der Waals surface area contributed by atoms with Crippen LogP contribution >= 0.6 is 0 Å². The summed E-state index contributed by atoms with van der Waals surface area (Å²) in [4.78, 5) is 11.0. The Kier molecular flexibility index (Phi) is 2.27. The molecular weight excluding hydrogens is 180 g/mol. The summed E-state index contributed by atoms with van der Waals surface area (Å²) in [6.45, 7) is 1.88. The number of fused-ring (bicyclic) bond motifs is 1. The number of rotatable bonds is 3. The molecule has 14 heavy (non-hydrogen) atoms. The van der Waals surface area contributed by atoms with E-state index in [4.69, 9.17) is 5.11 Å². The lowest BCUT2D eigenvalue weighted by Crippen LogP contribution is -2.12. The van der Waals surface area contributed by atoms with Gasteiger partial charge in [-0.1, -0.05) is 6.92 Å². The minimum absolute atomic E-state index is 0.437. The predicted molar refractivity (Wildman–Crippen MR) is 51.3 cm³/mol. The van der Waals surface area contributed by atoms with Crippen LogP contribution in [0.3, 0.4) is 0 Å².